The minimum atomic E-state index is -0.591. The van der Waals surface area contributed by atoms with Gasteiger partial charge in [-0.2, -0.15) is 5.10 Å². The van der Waals surface area contributed by atoms with Crippen molar-refractivity contribution in [1.29, 1.82) is 0 Å². The van der Waals surface area contributed by atoms with Gasteiger partial charge in [0.2, 0.25) is 0 Å². The molecule has 0 aromatic heterocycles. The number of hydrogen-bond acceptors (Lipinski definition) is 6. The van der Waals surface area contributed by atoms with Crippen LogP contribution in [0, 0.1) is 10.1 Å². The number of nitrogens with zero attached hydrogens (tertiary/aromatic N) is 2. The topological polar surface area (TPSA) is 114 Å². The molecule has 0 saturated carbocycles. The van der Waals surface area contributed by atoms with Crippen LogP contribution in [0.25, 0.3) is 10.8 Å². The average molecular weight is 365 g/mol. The predicted molar refractivity (Wildman–Crippen MR) is 99.9 cm³/mol. The van der Waals surface area contributed by atoms with Gasteiger partial charge in [0.15, 0.2) is 6.61 Å². The molecule has 0 spiro atoms. The highest BCUT2D eigenvalue weighted by atomic mass is 16.6. The van der Waals surface area contributed by atoms with Crippen molar-refractivity contribution < 1.29 is 19.6 Å². The van der Waals surface area contributed by atoms with Gasteiger partial charge in [-0.05, 0) is 29.0 Å². The molecule has 0 unspecified atom stereocenters. The van der Waals surface area contributed by atoms with Crippen LogP contribution in [0.3, 0.4) is 0 Å². The normalized spacial score (nSPS) is 10.8. The summed E-state index contributed by atoms with van der Waals surface area (Å²) < 4.78 is 5.43. The van der Waals surface area contributed by atoms with Crippen LogP contribution in [0.1, 0.15) is 5.56 Å². The molecule has 3 aromatic rings. The Labute approximate surface area is 153 Å². The Kier molecular flexibility index (Phi) is 5.27. The minimum Gasteiger partial charge on any atom is -0.507 e. The van der Waals surface area contributed by atoms with Crippen molar-refractivity contribution in [3.8, 4) is 11.5 Å². The zero-order chi connectivity index (χ0) is 19.2. The molecule has 0 bridgehead atoms. The van der Waals surface area contributed by atoms with Gasteiger partial charge in [0.1, 0.15) is 11.5 Å². The minimum absolute atomic E-state index is 0.111. The summed E-state index contributed by atoms with van der Waals surface area (Å²) in [7, 11) is 0. The van der Waals surface area contributed by atoms with E-state index in [0.29, 0.717) is 5.75 Å². The number of aromatic hydroxyl groups is 1. The number of benzene rings is 3. The van der Waals surface area contributed by atoms with Crippen molar-refractivity contribution >= 4 is 28.6 Å². The van der Waals surface area contributed by atoms with Crippen molar-refractivity contribution in [2.75, 3.05) is 6.61 Å². The summed E-state index contributed by atoms with van der Waals surface area (Å²) in [5.74, 6) is -0.153. The first-order valence-electron chi connectivity index (χ1n) is 7.94. The van der Waals surface area contributed by atoms with Gasteiger partial charge in [-0.1, -0.05) is 30.3 Å². The molecule has 0 aliphatic rings. The molecule has 136 valence electrons. The quantitative estimate of drug-likeness (QED) is 0.396. The number of hydrogen-bond donors (Lipinski definition) is 2. The monoisotopic (exact) mass is 365 g/mol. The van der Waals surface area contributed by atoms with E-state index in [1.807, 2.05) is 36.4 Å². The Balaban J connectivity index is 1.57. The number of fused-ring (bicyclic) bond motifs is 1. The van der Waals surface area contributed by atoms with E-state index in [4.69, 9.17) is 4.74 Å². The molecular formula is C19H15N3O5. The number of nitro groups is 1. The summed E-state index contributed by atoms with van der Waals surface area (Å²) in [6.45, 7) is -0.253. The van der Waals surface area contributed by atoms with Gasteiger partial charge in [0.25, 0.3) is 11.6 Å². The number of hydrazone groups is 1. The van der Waals surface area contributed by atoms with Gasteiger partial charge in [-0.3, -0.25) is 14.9 Å². The third kappa shape index (κ3) is 4.57. The predicted octanol–water partition coefficient (Wildman–Crippen LogP) is 2.98. The van der Waals surface area contributed by atoms with Crippen LogP contribution < -0.4 is 10.2 Å². The van der Waals surface area contributed by atoms with Crippen molar-refractivity contribution in [2.45, 2.75) is 0 Å². The van der Waals surface area contributed by atoms with Gasteiger partial charge in [0.05, 0.1) is 11.1 Å². The fourth-order valence-electron chi connectivity index (χ4n) is 2.37. The number of rotatable bonds is 6. The van der Waals surface area contributed by atoms with E-state index in [0.717, 1.165) is 23.1 Å². The number of nitro benzene ring substituents is 1. The zero-order valence-electron chi connectivity index (χ0n) is 14.0. The number of phenolic OH excluding ortho intramolecular Hbond substituents is 1. The zero-order valence-corrected chi connectivity index (χ0v) is 14.0. The summed E-state index contributed by atoms with van der Waals surface area (Å²) in [6, 6.07) is 16.8. The second-order valence-electron chi connectivity index (χ2n) is 5.59. The summed E-state index contributed by atoms with van der Waals surface area (Å²) in [5, 5.41) is 26.1. The van der Waals surface area contributed by atoms with Gasteiger partial charge < -0.3 is 9.84 Å². The maximum absolute atomic E-state index is 11.8. The highest BCUT2D eigenvalue weighted by Gasteiger charge is 2.09. The number of amides is 1. The van der Waals surface area contributed by atoms with Crippen LogP contribution in [-0.2, 0) is 4.79 Å². The third-order valence-corrected chi connectivity index (χ3v) is 3.71. The molecule has 2 N–H and O–H groups in total. The average Bonchev–Trinajstić information content (AvgIpc) is 2.67. The Morgan fingerprint density at radius 2 is 1.93 bits per heavy atom. The summed E-state index contributed by atoms with van der Waals surface area (Å²) >= 11 is 0. The fourth-order valence-corrected chi connectivity index (χ4v) is 2.37. The lowest BCUT2D eigenvalue weighted by Crippen LogP contribution is -2.24. The van der Waals surface area contributed by atoms with Crippen LogP contribution >= 0.6 is 0 Å². The summed E-state index contributed by atoms with van der Waals surface area (Å²) in [5.41, 5.74) is 2.16. The molecule has 0 aliphatic heterocycles. The lowest BCUT2D eigenvalue weighted by molar-refractivity contribution is -0.384. The van der Waals surface area contributed by atoms with Crippen molar-refractivity contribution in [2.24, 2.45) is 5.10 Å². The molecule has 3 rings (SSSR count). The van der Waals surface area contributed by atoms with Crippen LogP contribution in [-0.4, -0.2) is 28.8 Å². The molecular weight excluding hydrogens is 350 g/mol. The lowest BCUT2D eigenvalue weighted by Gasteiger charge is -2.06. The largest absolute Gasteiger partial charge is 0.507 e. The van der Waals surface area contributed by atoms with E-state index in [9.17, 15) is 20.0 Å². The Morgan fingerprint density at radius 1 is 1.15 bits per heavy atom. The second-order valence-corrected chi connectivity index (χ2v) is 5.59. The number of carbonyl (C=O) groups excluding carboxylic acids is 1. The van der Waals surface area contributed by atoms with Crippen molar-refractivity contribution in [3.05, 3.63) is 76.3 Å². The van der Waals surface area contributed by atoms with Crippen LogP contribution in [0.2, 0.25) is 0 Å². The smallest absolute Gasteiger partial charge is 0.277 e. The van der Waals surface area contributed by atoms with E-state index in [2.05, 4.69) is 10.5 Å². The molecule has 3 aromatic carbocycles. The van der Waals surface area contributed by atoms with Gasteiger partial charge in [-0.25, -0.2) is 5.43 Å². The number of ether oxygens (including phenoxy) is 1. The van der Waals surface area contributed by atoms with Gasteiger partial charge in [-0.15, -0.1) is 0 Å². The maximum Gasteiger partial charge on any atom is 0.277 e. The number of nitrogens with one attached hydrogen (secondary N) is 1. The Bertz CT molecular complexity index is 1030. The highest BCUT2D eigenvalue weighted by Crippen LogP contribution is 2.21. The molecule has 1 amide bonds. The molecule has 0 fully saturated rings. The number of non-ortho nitro benzene ring substituents is 1. The van der Waals surface area contributed by atoms with E-state index in [1.165, 1.54) is 12.1 Å². The highest BCUT2D eigenvalue weighted by molar-refractivity contribution is 5.86. The second kappa shape index (κ2) is 7.96. The van der Waals surface area contributed by atoms with Gasteiger partial charge in [0, 0.05) is 17.7 Å². The van der Waals surface area contributed by atoms with Crippen LogP contribution in [0.4, 0.5) is 5.69 Å². The van der Waals surface area contributed by atoms with E-state index < -0.39 is 10.8 Å². The first kappa shape index (κ1) is 17.9. The fraction of sp³-hybridized carbons (Fsp3) is 0.0526. The van der Waals surface area contributed by atoms with Crippen LogP contribution in [0.5, 0.6) is 11.5 Å². The molecule has 0 saturated heterocycles. The molecule has 0 atom stereocenters. The van der Waals surface area contributed by atoms with Crippen molar-refractivity contribution in [3.63, 3.8) is 0 Å². The SMILES string of the molecule is O=C(COc1ccc2ccccc2c1)N/N=C\c1cc([N+](=O)[O-])ccc1O. The molecule has 27 heavy (non-hydrogen) atoms. The van der Waals surface area contributed by atoms with E-state index >= 15 is 0 Å². The Morgan fingerprint density at radius 3 is 2.70 bits per heavy atom. The number of phenols is 1. The molecule has 8 nitrogen and oxygen atoms in total. The summed E-state index contributed by atoms with van der Waals surface area (Å²) in [4.78, 5) is 22.0. The first-order valence-corrected chi connectivity index (χ1v) is 7.94. The first-order chi connectivity index (χ1) is 13.0. The standard InChI is InChI=1S/C19H15N3O5/c23-18-8-6-16(22(25)26)9-15(18)11-20-21-19(24)12-27-17-7-5-13-3-1-2-4-14(13)10-17/h1-11,23H,12H2,(H,21,24)/b20-11-. The maximum atomic E-state index is 11.8. The molecule has 0 aliphatic carbocycles. The van der Waals surface area contributed by atoms with E-state index in [1.54, 1.807) is 6.07 Å². The molecule has 0 heterocycles. The molecule has 0 radical (unpaired) electrons. The van der Waals surface area contributed by atoms with Crippen LogP contribution in [0.15, 0.2) is 65.8 Å². The third-order valence-electron chi connectivity index (χ3n) is 3.71. The van der Waals surface area contributed by atoms with Gasteiger partial charge >= 0.3 is 0 Å². The summed E-state index contributed by atoms with van der Waals surface area (Å²) in [6.07, 6.45) is 1.12. The lowest BCUT2D eigenvalue weighted by atomic mass is 10.1. The van der Waals surface area contributed by atoms with E-state index in [-0.39, 0.29) is 23.6 Å². The van der Waals surface area contributed by atoms with Crippen molar-refractivity contribution in [1.82, 2.24) is 5.43 Å². The Hall–Kier alpha value is -3.94. The number of carbonyl (C=O) groups is 1. The molecule has 8 heteroatoms.